The van der Waals surface area contributed by atoms with Gasteiger partial charge >= 0.3 is 0 Å². The molecule has 2 N–H and O–H groups in total. The van der Waals surface area contributed by atoms with Crippen LogP contribution in [-0.4, -0.2) is 23.7 Å². The molecule has 0 aromatic heterocycles. The topological polar surface area (TPSA) is 49.3 Å². The van der Waals surface area contributed by atoms with Gasteiger partial charge in [-0.15, -0.1) is 0 Å². The van der Waals surface area contributed by atoms with Crippen LogP contribution in [-0.2, 0) is 4.79 Å². The maximum atomic E-state index is 11.4. The molecule has 0 aromatic carbocycles. The molecule has 0 aliphatic rings. The number of hydrogen-bond donors (Lipinski definition) is 2. The van der Waals surface area contributed by atoms with Crippen molar-refractivity contribution in [2.75, 3.05) is 6.54 Å². The standard InChI is InChI=1S/C11H21NO2/c1-5-6-9(4)11(14)12-7-10(13)8(2)3/h6,8,10,13H,5,7H2,1-4H3,(H,12,14)/b9-6-. The number of allylic oxidation sites excluding steroid dienone is 1. The number of aliphatic hydroxyl groups is 1. The van der Waals surface area contributed by atoms with Gasteiger partial charge in [0.05, 0.1) is 6.10 Å². The molecule has 1 atom stereocenters. The number of aliphatic hydroxyl groups excluding tert-OH is 1. The summed E-state index contributed by atoms with van der Waals surface area (Å²) in [6, 6.07) is 0. The van der Waals surface area contributed by atoms with Crippen molar-refractivity contribution >= 4 is 5.91 Å². The minimum atomic E-state index is -0.464. The first-order valence-corrected chi connectivity index (χ1v) is 5.12. The fraction of sp³-hybridized carbons (Fsp3) is 0.727. The first kappa shape index (κ1) is 13.2. The molecule has 0 rings (SSSR count). The first-order valence-electron chi connectivity index (χ1n) is 5.12. The van der Waals surface area contributed by atoms with Gasteiger partial charge in [-0.3, -0.25) is 4.79 Å². The molecule has 1 unspecified atom stereocenters. The minimum Gasteiger partial charge on any atom is -0.391 e. The summed E-state index contributed by atoms with van der Waals surface area (Å²) in [5.74, 6) is 0.0808. The lowest BCUT2D eigenvalue weighted by Gasteiger charge is -2.15. The Hall–Kier alpha value is -0.830. The van der Waals surface area contributed by atoms with Gasteiger partial charge in [-0.2, -0.15) is 0 Å². The zero-order valence-corrected chi connectivity index (χ0v) is 9.50. The Bertz CT molecular complexity index is 209. The number of nitrogens with one attached hydrogen (secondary N) is 1. The molecule has 0 fully saturated rings. The van der Waals surface area contributed by atoms with Crippen LogP contribution in [0.5, 0.6) is 0 Å². The maximum Gasteiger partial charge on any atom is 0.246 e. The Morgan fingerprint density at radius 2 is 2.07 bits per heavy atom. The van der Waals surface area contributed by atoms with Crippen LogP contribution in [0, 0.1) is 5.92 Å². The van der Waals surface area contributed by atoms with Crippen molar-refractivity contribution in [3.63, 3.8) is 0 Å². The Labute approximate surface area is 86.2 Å². The molecular weight excluding hydrogens is 178 g/mol. The van der Waals surface area contributed by atoms with Gasteiger partial charge in [0.1, 0.15) is 0 Å². The fourth-order valence-electron chi connectivity index (χ4n) is 0.971. The molecule has 0 aliphatic heterocycles. The van der Waals surface area contributed by atoms with E-state index in [0.717, 1.165) is 6.42 Å². The minimum absolute atomic E-state index is 0.0912. The molecular formula is C11H21NO2. The highest BCUT2D eigenvalue weighted by Gasteiger charge is 2.10. The summed E-state index contributed by atoms with van der Waals surface area (Å²) >= 11 is 0. The van der Waals surface area contributed by atoms with Crippen LogP contribution >= 0.6 is 0 Å². The van der Waals surface area contributed by atoms with Crippen molar-refractivity contribution in [1.29, 1.82) is 0 Å². The molecule has 14 heavy (non-hydrogen) atoms. The van der Waals surface area contributed by atoms with Crippen molar-refractivity contribution in [2.45, 2.75) is 40.2 Å². The molecule has 82 valence electrons. The second kappa shape index (κ2) is 6.60. The van der Waals surface area contributed by atoms with Gasteiger partial charge in [0.15, 0.2) is 0 Å². The normalized spacial score (nSPS) is 14.3. The smallest absolute Gasteiger partial charge is 0.246 e. The lowest BCUT2D eigenvalue weighted by atomic mass is 10.1. The average molecular weight is 199 g/mol. The number of rotatable bonds is 5. The van der Waals surface area contributed by atoms with Crippen LogP contribution < -0.4 is 5.32 Å². The van der Waals surface area contributed by atoms with Crippen molar-refractivity contribution in [2.24, 2.45) is 5.92 Å². The molecule has 1 amide bonds. The van der Waals surface area contributed by atoms with E-state index in [4.69, 9.17) is 0 Å². The SMILES string of the molecule is CC/C=C(/C)C(=O)NCC(O)C(C)C. The van der Waals surface area contributed by atoms with Gasteiger partial charge < -0.3 is 10.4 Å². The fourth-order valence-corrected chi connectivity index (χ4v) is 0.971. The van der Waals surface area contributed by atoms with Gasteiger partial charge in [-0.1, -0.05) is 26.8 Å². The highest BCUT2D eigenvalue weighted by atomic mass is 16.3. The van der Waals surface area contributed by atoms with Crippen LogP contribution in [0.25, 0.3) is 0 Å². The summed E-state index contributed by atoms with van der Waals surface area (Å²) in [5, 5.41) is 12.1. The van der Waals surface area contributed by atoms with Crippen molar-refractivity contribution in [1.82, 2.24) is 5.32 Å². The third-order valence-corrected chi connectivity index (χ3v) is 2.11. The highest BCUT2D eigenvalue weighted by Crippen LogP contribution is 2.00. The lowest BCUT2D eigenvalue weighted by molar-refractivity contribution is -0.118. The number of carbonyl (C=O) groups is 1. The van der Waals surface area contributed by atoms with Crippen LogP contribution in [0.4, 0.5) is 0 Å². The van der Waals surface area contributed by atoms with Crippen molar-refractivity contribution in [3.8, 4) is 0 Å². The number of amides is 1. The van der Waals surface area contributed by atoms with E-state index in [1.54, 1.807) is 6.92 Å². The molecule has 0 aliphatic carbocycles. The van der Waals surface area contributed by atoms with E-state index in [-0.39, 0.29) is 11.8 Å². The highest BCUT2D eigenvalue weighted by molar-refractivity contribution is 5.92. The van der Waals surface area contributed by atoms with Crippen LogP contribution in [0.2, 0.25) is 0 Å². The third kappa shape index (κ3) is 5.02. The van der Waals surface area contributed by atoms with Gasteiger partial charge in [0.2, 0.25) is 5.91 Å². The summed E-state index contributed by atoms with van der Waals surface area (Å²) in [4.78, 5) is 11.4. The number of hydrogen-bond acceptors (Lipinski definition) is 2. The monoisotopic (exact) mass is 199 g/mol. The van der Waals surface area contributed by atoms with Gasteiger partial charge in [0, 0.05) is 12.1 Å². The second-order valence-electron chi connectivity index (χ2n) is 3.82. The predicted molar refractivity (Wildman–Crippen MR) is 57.9 cm³/mol. The Morgan fingerprint density at radius 1 is 1.50 bits per heavy atom. The molecule has 0 radical (unpaired) electrons. The summed E-state index contributed by atoms with van der Waals surface area (Å²) in [7, 11) is 0. The summed E-state index contributed by atoms with van der Waals surface area (Å²) in [6.07, 6.45) is 2.26. The molecule has 0 saturated carbocycles. The third-order valence-electron chi connectivity index (χ3n) is 2.11. The van der Waals surface area contributed by atoms with E-state index in [2.05, 4.69) is 5.32 Å². The van der Waals surface area contributed by atoms with E-state index in [1.165, 1.54) is 0 Å². The van der Waals surface area contributed by atoms with Crippen molar-refractivity contribution in [3.05, 3.63) is 11.6 Å². The zero-order chi connectivity index (χ0) is 11.1. The Morgan fingerprint density at radius 3 is 2.50 bits per heavy atom. The molecule has 0 aromatic rings. The lowest BCUT2D eigenvalue weighted by Crippen LogP contribution is -2.35. The Kier molecular flexibility index (Phi) is 6.21. The zero-order valence-electron chi connectivity index (χ0n) is 9.50. The summed E-state index contributed by atoms with van der Waals surface area (Å²) < 4.78 is 0. The summed E-state index contributed by atoms with van der Waals surface area (Å²) in [6.45, 7) is 7.93. The quantitative estimate of drug-likeness (QED) is 0.659. The molecule has 0 bridgehead atoms. The molecule has 0 saturated heterocycles. The Balaban J connectivity index is 3.91. The van der Waals surface area contributed by atoms with E-state index in [1.807, 2.05) is 26.8 Å². The predicted octanol–water partition coefficient (Wildman–Crippen LogP) is 1.48. The average Bonchev–Trinajstić information content (AvgIpc) is 2.13. The van der Waals surface area contributed by atoms with Gasteiger partial charge in [-0.05, 0) is 19.3 Å². The largest absolute Gasteiger partial charge is 0.391 e. The van der Waals surface area contributed by atoms with Crippen molar-refractivity contribution < 1.29 is 9.90 Å². The summed E-state index contributed by atoms with van der Waals surface area (Å²) in [5.41, 5.74) is 0.712. The van der Waals surface area contributed by atoms with Crippen LogP contribution in [0.15, 0.2) is 11.6 Å². The molecule has 3 nitrogen and oxygen atoms in total. The van der Waals surface area contributed by atoms with Crippen LogP contribution in [0.1, 0.15) is 34.1 Å². The molecule has 3 heteroatoms. The van der Waals surface area contributed by atoms with E-state index in [9.17, 15) is 9.90 Å². The van der Waals surface area contributed by atoms with Gasteiger partial charge in [0.25, 0.3) is 0 Å². The maximum absolute atomic E-state index is 11.4. The molecule has 0 heterocycles. The second-order valence-corrected chi connectivity index (χ2v) is 3.82. The number of carbonyl (C=O) groups excluding carboxylic acids is 1. The van der Waals surface area contributed by atoms with Gasteiger partial charge in [-0.25, -0.2) is 0 Å². The van der Waals surface area contributed by atoms with E-state index >= 15 is 0 Å². The van der Waals surface area contributed by atoms with E-state index < -0.39 is 6.10 Å². The van der Waals surface area contributed by atoms with E-state index in [0.29, 0.717) is 12.1 Å². The molecule has 0 spiro atoms. The van der Waals surface area contributed by atoms with Crippen LogP contribution in [0.3, 0.4) is 0 Å². The first-order chi connectivity index (χ1) is 6.49.